The summed E-state index contributed by atoms with van der Waals surface area (Å²) in [6.07, 6.45) is 8.58. The smallest absolute Gasteiger partial charge is 0.0709 e. The van der Waals surface area contributed by atoms with Crippen molar-refractivity contribution >= 4 is 5.52 Å². The fourth-order valence-electron chi connectivity index (χ4n) is 2.52. The highest BCUT2D eigenvalue weighted by Gasteiger charge is 2.15. The molecule has 3 aromatic heterocycles. The number of nitrogens with one attached hydrogen (secondary N) is 1. The van der Waals surface area contributed by atoms with Crippen molar-refractivity contribution in [2.24, 2.45) is 0 Å². The number of pyridine rings is 2. The maximum Gasteiger partial charge on any atom is 0.0709 e. The van der Waals surface area contributed by atoms with E-state index in [-0.39, 0.29) is 6.04 Å². The van der Waals surface area contributed by atoms with Gasteiger partial charge in [0, 0.05) is 30.2 Å². The summed E-state index contributed by atoms with van der Waals surface area (Å²) in [4.78, 5) is 4.19. The molecule has 4 heteroatoms. The first kappa shape index (κ1) is 12.8. The lowest BCUT2D eigenvalue weighted by molar-refractivity contribution is 0.552. The monoisotopic (exact) mass is 266 g/mol. The SMILES string of the molecule is CCNC(Cc1cccnc1)c1cnn2ccccc12. The van der Waals surface area contributed by atoms with E-state index in [2.05, 4.69) is 34.5 Å². The van der Waals surface area contributed by atoms with Gasteiger partial charge in [0.15, 0.2) is 0 Å². The fourth-order valence-corrected chi connectivity index (χ4v) is 2.52. The van der Waals surface area contributed by atoms with Crippen molar-refractivity contribution in [1.29, 1.82) is 0 Å². The number of rotatable bonds is 5. The number of hydrogen-bond acceptors (Lipinski definition) is 3. The summed E-state index contributed by atoms with van der Waals surface area (Å²) in [6.45, 7) is 3.05. The molecule has 3 rings (SSSR count). The van der Waals surface area contributed by atoms with Gasteiger partial charge in [0.1, 0.15) is 0 Å². The molecule has 0 spiro atoms. The van der Waals surface area contributed by atoms with Gasteiger partial charge in [-0.05, 0) is 36.7 Å². The number of fused-ring (bicyclic) bond motifs is 1. The van der Waals surface area contributed by atoms with E-state index in [4.69, 9.17) is 0 Å². The van der Waals surface area contributed by atoms with Crippen molar-refractivity contribution in [2.75, 3.05) is 6.54 Å². The number of likely N-dealkylation sites (N-methyl/N-ethyl adjacent to an activating group) is 1. The lowest BCUT2D eigenvalue weighted by Gasteiger charge is -2.17. The Bertz CT molecular complexity index is 675. The van der Waals surface area contributed by atoms with Crippen LogP contribution in [-0.4, -0.2) is 21.1 Å². The van der Waals surface area contributed by atoms with Crippen molar-refractivity contribution in [3.8, 4) is 0 Å². The molecule has 3 heterocycles. The molecule has 0 aliphatic rings. The van der Waals surface area contributed by atoms with Crippen molar-refractivity contribution < 1.29 is 0 Å². The van der Waals surface area contributed by atoms with Gasteiger partial charge in [0.25, 0.3) is 0 Å². The van der Waals surface area contributed by atoms with Gasteiger partial charge in [-0.25, -0.2) is 4.52 Å². The Morgan fingerprint density at radius 1 is 1.20 bits per heavy atom. The summed E-state index contributed by atoms with van der Waals surface area (Å²) in [7, 11) is 0. The molecular formula is C16H18N4. The Hall–Kier alpha value is -2.20. The molecular weight excluding hydrogens is 248 g/mol. The third kappa shape index (κ3) is 2.56. The van der Waals surface area contributed by atoms with Crippen LogP contribution in [0.4, 0.5) is 0 Å². The molecule has 102 valence electrons. The van der Waals surface area contributed by atoms with Crippen molar-refractivity contribution in [3.05, 3.63) is 66.2 Å². The van der Waals surface area contributed by atoms with Gasteiger partial charge in [-0.1, -0.05) is 19.1 Å². The predicted molar refractivity (Wildman–Crippen MR) is 79.6 cm³/mol. The van der Waals surface area contributed by atoms with Gasteiger partial charge in [0.05, 0.1) is 11.7 Å². The Labute approximate surface area is 118 Å². The van der Waals surface area contributed by atoms with Crippen molar-refractivity contribution in [2.45, 2.75) is 19.4 Å². The molecule has 1 unspecified atom stereocenters. The standard InChI is InChI=1S/C16H18N4/c1-2-18-15(10-13-6-5-8-17-11-13)14-12-19-20-9-4-3-7-16(14)20/h3-9,11-12,15,18H,2,10H2,1H3. The minimum absolute atomic E-state index is 0.254. The van der Waals surface area contributed by atoms with E-state index in [1.807, 2.05) is 41.3 Å². The summed E-state index contributed by atoms with van der Waals surface area (Å²) in [5, 5.41) is 7.97. The molecule has 1 N–H and O–H groups in total. The summed E-state index contributed by atoms with van der Waals surface area (Å²) in [5.41, 5.74) is 3.62. The molecule has 0 radical (unpaired) electrons. The van der Waals surface area contributed by atoms with E-state index in [1.54, 1.807) is 6.20 Å². The second kappa shape index (κ2) is 5.84. The zero-order valence-electron chi connectivity index (χ0n) is 11.5. The van der Waals surface area contributed by atoms with E-state index in [1.165, 1.54) is 11.1 Å². The second-order valence-electron chi connectivity index (χ2n) is 4.81. The van der Waals surface area contributed by atoms with Crippen LogP contribution in [0.3, 0.4) is 0 Å². The van der Waals surface area contributed by atoms with Crippen molar-refractivity contribution in [1.82, 2.24) is 19.9 Å². The van der Waals surface area contributed by atoms with E-state index in [9.17, 15) is 0 Å². The summed E-state index contributed by atoms with van der Waals surface area (Å²) < 4.78 is 1.92. The molecule has 1 atom stereocenters. The first-order chi connectivity index (χ1) is 9.88. The first-order valence-electron chi connectivity index (χ1n) is 6.93. The minimum atomic E-state index is 0.254. The zero-order chi connectivity index (χ0) is 13.8. The average Bonchev–Trinajstić information content (AvgIpc) is 2.92. The Morgan fingerprint density at radius 3 is 2.95 bits per heavy atom. The number of hydrogen-bond donors (Lipinski definition) is 1. The van der Waals surface area contributed by atoms with Gasteiger partial charge in [0.2, 0.25) is 0 Å². The van der Waals surface area contributed by atoms with Crippen molar-refractivity contribution in [3.63, 3.8) is 0 Å². The van der Waals surface area contributed by atoms with Crippen LogP contribution in [0.1, 0.15) is 24.1 Å². The highest BCUT2D eigenvalue weighted by Crippen LogP contribution is 2.22. The highest BCUT2D eigenvalue weighted by atomic mass is 15.2. The van der Waals surface area contributed by atoms with Crippen LogP contribution in [0.25, 0.3) is 5.52 Å². The quantitative estimate of drug-likeness (QED) is 0.772. The zero-order valence-corrected chi connectivity index (χ0v) is 11.5. The summed E-state index contributed by atoms with van der Waals surface area (Å²) in [6, 6.07) is 10.5. The maximum absolute atomic E-state index is 4.42. The topological polar surface area (TPSA) is 42.2 Å². The Kier molecular flexibility index (Phi) is 3.74. The first-order valence-corrected chi connectivity index (χ1v) is 6.93. The summed E-state index contributed by atoms with van der Waals surface area (Å²) >= 11 is 0. The maximum atomic E-state index is 4.42. The van der Waals surface area contributed by atoms with Gasteiger partial charge >= 0.3 is 0 Å². The normalized spacial score (nSPS) is 12.7. The van der Waals surface area contributed by atoms with Crippen LogP contribution >= 0.6 is 0 Å². The van der Waals surface area contributed by atoms with Crippen LogP contribution in [-0.2, 0) is 6.42 Å². The molecule has 4 nitrogen and oxygen atoms in total. The molecule has 0 fully saturated rings. The van der Waals surface area contributed by atoms with Gasteiger partial charge < -0.3 is 5.32 Å². The van der Waals surface area contributed by atoms with Gasteiger partial charge in [-0.15, -0.1) is 0 Å². The second-order valence-corrected chi connectivity index (χ2v) is 4.81. The molecule has 20 heavy (non-hydrogen) atoms. The lowest BCUT2D eigenvalue weighted by Crippen LogP contribution is -2.22. The molecule has 0 bridgehead atoms. The van der Waals surface area contributed by atoms with Crippen LogP contribution in [0.5, 0.6) is 0 Å². The van der Waals surface area contributed by atoms with Gasteiger partial charge in [-0.3, -0.25) is 4.98 Å². The molecule has 0 amide bonds. The van der Waals surface area contributed by atoms with Crippen LogP contribution in [0, 0.1) is 0 Å². The molecule has 0 aliphatic carbocycles. The third-order valence-electron chi connectivity index (χ3n) is 3.44. The molecule has 0 saturated heterocycles. The highest BCUT2D eigenvalue weighted by molar-refractivity contribution is 5.55. The van der Waals surface area contributed by atoms with Crippen LogP contribution in [0.15, 0.2) is 55.1 Å². The minimum Gasteiger partial charge on any atom is -0.310 e. The largest absolute Gasteiger partial charge is 0.310 e. The van der Waals surface area contributed by atoms with E-state index < -0.39 is 0 Å². The van der Waals surface area contributed by atoms with Gasteiger partial charge in [-0.2, -0.15) is 5.10 Å². The molecule has 0 aliphatic heterocycles. The fraction of sp³-hybridized carbons (Fsp3) is 0.250. The number of nitrogens with zero attached hydrogens (tertiary/aromatic N) is 3. The number of aromatic nitrogens is 3. The third-order valence-corrected chi connectivity index (χ3v) is 3.44. The van der Waals surface area contributed by atoms with E-state index in [0.29, 0.717) is 0 Å². The lowest BCUT2D eigenvalue weighted by atomic mass is 10.0. The predicted octanol–water partition coefficient (Wildman–Crippen LogP) is 2.62. The van der Waals surface area contributed by atoms with E-state index >= 15 is 0 Å². The average molecular weight is 266 g/mol. The Balaban J connectivity index is 1.94. The summed E-state index contributed by atoms with van der Waals surface area (Å²) in [5.74, 6) is 0. The van der Waals surface area contributed by atoms with Crippen LogP contribution in [0.2, 0.25) is 0 Å². The molecule has 0 saturated carbocycles. The van der Waals surface area contributed by atoms with E-state index in [0.717, 1.165) is 18.5 Å². The Morgan fingerprint density at radius 2 is 2.15 bits per heavy atom. The van der Waals surface area contributed by atoms with Crippen LogP contribution < -0.4 is 5.32 Å². The molecule has 0 aromatic carbocycles. The molecule has 3 aromatic rings.